The van der Waals surface area contributed by atoms with Crippen molar-refractivity contribution >= 4 is 0 Å². The molecule has 0 amide bonds. The number of nitriles is 1. The van der Waals surface area contributed by atoms with E-state index in [1.807, 2.05) is 24.3 Å². The number of nitrogens with zero attached hydrogens (tertiary/aromatic N) is 1. The molecule has 2 rings (SSSR count). The molecule has 1 unspecified atom stereocenters. The van der Waals surface area contributed by atoms with Gasteiger partial charge in [-0.25, -0.2) is 0 Å². The molecule has 0 aromatic heterocycles. The maximum Gasteiger partial charge on any atom is 0.203 e. The Kier molecular flexibility index (Phi) is 6.56. The summed E-state index contributed by atoms with van der Waals surface area (Å²) in [5.74, 6) is 2.50. The predicted octanol–water partition coefficient (Wildman–Crippen LogP) is 3.58. The molecule has 0 aliphatic heterocycles. The minimum atomic E-state index is -0.363. The van der Waals surface area contributed by atoms with Crippen molar-refractivity contribution in [3.63, 3.8) is 0 Å². The van der Waals surface area contributed by atoms with Crippen LogP contribution >= 0.6 is 0 Å². The SMILES string of the molecule is COc1ccc(C(C#N)Cc2cc(OC)c(OC)c(OC)c2)cc1OC. The van der Waals surface area contributed by atoms with Crippen LogP contribution in [0.3, 0.4) is 0 Å². The summed E-state index contributed by atoms with van der Waals surface area (Å²) in [6.45, 7) is 0. The van der Waals surface area contributed by atoms with Crippen LogP contribution in [0.2, 0.25) is 0 Å². The Bertz CT molecular complexity index is 772. The van der Waals surface area contributed by atoms with Gasteiger partial charge in [0.15, 0.2) is 23.0 Å². The molecule has 2 aromatic rings. The molecule has 0 fully saturated rings. The van der Waals surface area contributed by atoms with Crippen molar-refractivity contribution in [3.8, 4) is 34.8 Å². The van der Waals surface area contributed by atoms with E-state index in [-0.39, 0.29) is 5.92 Å². The minimum Gasteiger partial charge on any atom is -0.493 e. The van der Waals surface area contributed by atoms with E-state index in [9.17, 15) is 5.26 Å². The molecule has 0 heterocycles. The van der Waals surface area contributed by atoms with E-state index in [0.717, 1.165) is 11.1 Å². The molecule has 0 N–H and O–H groups in total. The number of hydrogen-bond acceptors (Lipinski definition) is 6. The van der Waals surface area contributed by atoms with Gasteiger partial charge in [0.25, 0.3) is 0 Å². The lowest BCUT2D eigenvalue weighted by atomic mass is 9.92. The predicted molar refractivity (Wildman–Crippen MR) is 97.7 cm³/mol. The lowest BCUT2D eigenvalue weighted by Crippen LogP contribution is -2.03. The van der Waals surface area contributed by atoms with Gasteiger partial charge in [0, 0.05) is 0 Å². The quantitative estimate of drug-likeness (QED) is 0.719. The van der Waals surface area contributed by atoms with E-state index in [2.05, 4.69) is 6.07 Å². The molecule has 0 spiro atoms. The second-order valence-electron chi connectivity index (χ2n) is 5.53. The first kappa shape index (κ1) is 19.3. The first-order valence-corrected chi connectivity index (χ1v) is 8.02. The van der Waals surface area contributed by atoms with Gasteiger partial charge in [0.05, 0.1) is 47.5 Å². The average Bonchev–Trinajstić information content (AvgIpc) is 2.70. The lowest BCUT2D eigenvalue weighted by molar-refractivity contribution is 0.323. The Labute approximate surface area is 153 Å². The van der Waals surface area contributed by atoms with Crippen molar-refractivity contribution in [2.24, 2.45) is 0 Å². The van der Waals surface area contributed by atoms with Gasteiger partial charge in [0.2, 0.25) is 5.75 Å². The topological polar surface area (TPSA) is 69.9 Å². The van der Waals surface area contributed by atoms with Crippen LogP contribution in [-0.2, 0) is 6.42 Å². The molecule has 0 aliphatic carbocycles. The molecule has 2 aromatic carbocycles. The van der Waals surface area contributed by atoms with E-state index < -0.39 is 0 Å². The minimum absolute atomic E-state index is 0.363. The second-order valence-corrected chi connectivity index (χ2v) is 5.53. The molecule has 0 saturated carbocycles. The summed E-state index contributed by atoms with van der Waals surface area (Å²) >= 11 is 0. The van der Waals surface area contributed by atoms with Gasteiger partial charge in [-0.2, -0.15) is 5.26 Å². The molecular weight excluding hydrogens is 334 g/mol. The Morgan fingerprint density at radius 3 is 1.81 bits per heavy atom. The van der Waals surface area contributed by atoms with E-state index >= 15 is 0 Å². The molecule has 6 heteroatoms. The van der Waals surface area contributed by atoms with Crippen LogP contribution in [0.25, 0.3) is 0 Å². The highest BCUT2D eigenvalue weighted by atomic mass is 16.5. The van der Waals surface area contributed by atoms with Gasteiger partial charge in [-0.05, 0) is 41.8 Å². The monoisotopic (exact) mass is 357 g/mol. The molecule has 138 valence electrons. The van der Waals surface area contributed by atoms with E-state index in [1.54, 1.807) is 41.6 Å². The fourth-order valence-electron chi connectivity index (χ4n) is 2.80. The molecule has 0 bridgehead atoms. The summed E-state index contributed by atoms with van der Waals surface area (Å²) in [5, 5.41) is 9.68. The summed E-state index contributed by atoms with van der Waals surface area (Å²) in [5.41, 5.74) is 1.75. The average molecular weight is 357 g/mol. The third-order valence-corrected chi connectivity index (χ3v) is 4.13. The second kappa shape index (κ2) is 8.86. The van der Waals surface area contributed by atoms with Crippen LogP contribution in [0.4, 0.5) is 0 Å². The van der Waals surface area contributed by atoms with E-state index in [0.29, 0.717) is 35.2 Å². The fourth-order valence-corrected chi connectivity index (χ4v) is 2.80. The largest absolute Gasteiger partial charge is 0.493 e. The maximum absolute atomic E-state index is 9.68. The molecule has 6 nitrogen and oxygen atoms in total. The van der Waals surface area contributed by atoms with Gasteiger partial charge in [-0.3, -0.25) is 0 Å². The van der Waals surface area contributed by atoms with Crippen molar-refractivity contribution in [1.29, 1.82) is 5.26 Å². The van der Waals surface area contributed by atoms with Crippen molar-refractivity contribution < 1.29 is 23.7 Å². The van der Waals surface area contributed by atoms with Crippen LogP contribution in [0.1, 0.15) is 17.0 Å². The van der Waals surface area contributed by atoms with Gasteiger partial charge in [-0.15, -0.1) is 0 Å². The highest BCUT2D eigenvalue weighted by Gasteiger charge is 2.18. The number of hydrogen-bond donors (Lipinski definition) is 0. The summed E-state index contributed by atoms with van der Waals surface area (Å²) in [7, 11) is 7.84. The first-order chi connectivity index (χ1) is 12.6. The Hall–Kier alpha value is -3.07. The summed E-state index contributed by atoms with van der Waals surface area (Å²) in [6, 6.07) is 11.5. The van der Waals surface area contributed by atoms with Crippen LogP contribution in [0.5, 0.6) is 28.7 Å². The highest BCUT2D eigenvalue weighted by molar-refractivity contribution is 5.54. The molecule has 26 heavy (non-hydrogen) atoms. The number of ether oxygens (including phenoxy) is 5. The van der Waals surface area contributed by atoms with Gasteiger partial charge >= 0.3 is 0 Å². The Morgan fingerprint density at radius 1 is 0.769 bits per heavy atom. The van der Waals surface area contributed by atoms with Gasteiger partial charge in [-0.1, -0.05) is 6.07 Å². The Morgan fingerprint density at radius 2 is 1.35 bits per heavy atom. The van der Waals surface area contributed by atoms with Crippen LogP contribution in [0, 0.1) is 11.3 Å². The van der Waals surface area contributed by atoms with Gasteiger partial charge in [0.1, 0.15) is 0 Å². The number of rotatable bonds is 8. The third-order valence-electron chi connectivity index (χ3n) is 4.13. The van der Waals surface area contributed by atoms with Crippen molar-refractivity contribution in [2.75, 3.05) is 35.5 Å². The first-order valence-electron chi connectivity index (χ1n) is 8.02. The molecule has 1 atom stereocenters. The summed E-state index contributed by atoms with van der Waals surface area (Å²) in [4.78, 5) is 0. The van der Waals surface area contributed by atoms with Crippen molar-refractivity contribution in [2.45, 2.75) is 12.3 Å². The third kappa shape index (κ3) is 3.94. The van der Waals surface area contributed by atoms with Crippen molar-refractivity contribution in [3.05, 3.63) is 41.5 Å². The van der Waals surface area contributed by atoms with Crippen LogP contribution < -0.4 is 23.7 Å². The number of methoxy groups -OCH3 is 5. The molecule has 0 radical (unpaired) electrons. The number of benzene rings is 2. The smallest absolute Gasteiger partial charge is 0.203 e. The molecular formula is C20H23NO5. The fraction of sp³-hybridized carbons (Fsp3) is 0.350. The van der Waals surface area contributed by atoms with Crippen molar-refractivity contribution in [1.82, 2.24) is 0 Å². The molecule has 0 aliphatic rings. The zero-order valence-electron chi connectivity index (χ0n) is 15.7. The van der Waals surface area contributed by atoms with Gasteiger partial charge < -0.3 is 23.7 Å². The zero-order chi connectivity index (χ0) is 19.1. The summed E-state index contributed by atoms with van der Waals surface area (Å²) < 4.78 is 26.7. The van der Waals surface area contributed by atoms with E-state index in [1.165, 1.54) is 0 Å². The Balaban J connectivity index is 2.38. The zero-order valence-corrected chi connectivity index (χ0v) is 15.7. The molecule has 0 saturated heterocycles. The highest BCUT2D eigenvalue weighted by Crippen LogP contribution is 2.39. The lowest BCUT2D eigenvalue weighted by Gasteiger charge is -2.16. The van der Waals surface area contributed by atoms with Crippen LogP contribution in [-0.4, -0.2) is 35.5 Å². The maximum atomic E-state index is 9.68. The normalized spacial score (nSPS) is 11.2. The summed E-state index contributed by atoms with van der Waals surface area (Å²) in [6.07, 6.45) is 0.489. The van der Waals surface area contributed by atoms with Crippen LogP contribution in [0.15, 0.2) is 30.3 Å². The standard InChI is InChI=1S/C20H23NO5/c1-22-16-7-6-14(11-17(16)23-2)15(12-21)8-13-9-18(24-3)20(26-5)19(10-13)25-4/h6-7,9-11,15H,8H2,1-5H3. The van der Waals surface area contributed by atoms with E-state index in [4.69, 9.17) is 23.7 Å².